The molecule has 0 spiro atoms. The number of aryl methyl sites for hydroxylation is 1. The molecular weight excluding hydrogens is 386 g/mol. The van der Waals surface area contributed by atoms with Crippen LogP contribution >= 0.6 is 0 Å². The van der Waals surface area contributed by atoms with Crippen molar-refractivity contribution in [3.63, 3.8) is 0 Å². The Morgan fingerprint density at radius 2 is 1.50 bits per heavy atom. The van der Waals surface area contributed by atoms with Crippen molar-refractivity contribution in [2.75, 3.05) is 0 Å². The fraction of sp³-hybridized carbons (Fsp3) is 0.391. The van der Waals surface area contributed by atoms with E-state index in [9.17, 15) is 19.7 Å². The highest BCUT2D eigenvalue weighted by Crippen LogP contribution is 2.41. The first-order valence-corrected chi connectivity index (χ1v) is 9.80. The first kappa shape index (κ1) is 21.6. The lowest BCUT2D eigenvalue weighted by atomic mass is 9.73. The molecule has 1 aliphatic rings. The van der Waals surface area contributed by atoms with Crippen molar-refractivity contribution in [3.8, 4) is 11.5 Å². The Bertz CT molecular complexity index is 981. The number of nitro benzene ring substituents is 1. The summed E-state index contributed by atoms with van der Waals surface area (Å²) in [6.07, 6.45) is 0.645. The van der Waals surface area contributed by atoms with Crippen LogP contribution in [0.1, 0.15) is 51.7 Å². The first-order chi connectivity index (χ1) is 14.0. The molecule has 0 aliphatic carbocycles. The van der Waals surface area contributed by atoms with Crippen molar-refractivity contribution in [1.82, 2.24) is 0 Å². The molecule has 0 bridgehead atoms. The van der Waals surface area contributed by atoms with Gasteiger partial charge in [0, 0.05) is 12.1 Å². The Hall–Kier alpha value is -3.06. The zero-order valence-electron chi connectivity index (χ0n) is 17.7. The van der Waals surface area contributed by atoms with Gasteiger partial charge in [0.05, 0.1) is 4.92 Å². The summed E-state index contributed by atoms with van der Waals surface area (Å²) in [5.74, 6) is -0.651. The van der Waals surface area contributed by atoms with Gasteiger partial charge in [0.15, 0.2) is 11.6 Å². The van der Waals surface area contributed by atoms with E-state index < -0.39 is 22.0 Å². The van der Waals surface area contributed by atoms with E-state index in [0.29, 0.717) is 23.5 Å². The number of nitrogens with zero attached hydrogens (tertiary/aromatic N) is 1. The molecule has 0 amide bonds. The first-order valence-electron chi connectivity index (χ1n) is 9.80. The van der Waals surface area contributed by atoms with Crippen LogP contribution in [0, 0.1) is 10.1 Å². The van der Waals surface area contributed by atoms with Gasteiger partial charge < -0.3 is 9.47 Å². The molecule has 1 aliphatic heterocycles. The molecule has 1 fully saturated rings. The second kappa shape index (κ2) is 7.65. The van der Waals surface area contributed by atoms with Crippen LogP contribution in [-0.2, 0) is 20.7 Å². The van der Waals surface area contributed by atoms with Gasteiger partial charge in [0.25, 0.3) is 5.69 Å². The predicted molar refractivity (Wildman–Crippen MR) is 111 cm³/mol. The maximum Gasteiger partial charge on any atom is 0.269 e. The number of carbonyl (C=O) groups excluding carboxylic acids is 2. The van der Waals surface area contributed by atoms with Crippen LogP contribution in [0.3, 0.4) is 0 Å². The summed E-state index contributed by atoms with van der Waals surface area (Å²) in [5.41, 5.74) is -0.736. The van der Waals surface area contributed by atoms with Crippen molar-refractivity contribution in [2.24, 2.45) is 0 Å². The van der Waals surface area contributed by atoms with Crippen molar-refractivity contribution >= 4 is 17.3 Å². The molecule has 158 valence electrons. The zero-order valence-corrected chi connectivity index (χ0v) is 17.7. The summed E-state index contributed by atoms with van der Waals surface area (Å²) < 4.78 is 11.6. The third-order valence-corrected chi connectivity index (χ3v) is 5.31. The van der Waals surface area contributed by atoms with Crippen LogP contribution in [0.2, 0.25) is 0 Å². The van der Waals surface area contributed by atoms with E-state index in [-0.39, 0.29) is 17.3 Å². The molecule has 2 aromatic carbocycles. The zero-order chi connectivity index (χ0) is 22.3. The van der Waals surface area contributed by atoms with E-state index in [0.717, 1.165) is 5.56 Å². The standard InChI is InChI=1S/C23H25NO6/c1-6-14-7-10-17(29-16-11-8-15(9-12-16)24(27)28)13-18(14)19-20(25)22(2,3)30-23(4,5)21(19)26/h7-13,19H,6H2,1-5H3. The number of ketones is 2. The third-order valence-electron chi connectivity index (χ3n) is 5.31. The summed E-state index contributed by atoms with van der Waals surface area (Å²) in [4.78, 5) is 36.6. The Balaban J connectivity index is 2.01. The fourth-order valence-electron chi connectivity index (χ4n) is 3.83. The van der Waals surface area contributed by atoms with Crippen LogP contribution in [0.25, 0.3) is 0 Å². The minimum Gasteiger partial charge on any atom is -0.457 e. The van der Waals surface area contributed by atoms with Gasteiger partial charge in [-0.05, 0) is 69.5 Å². The number of rotatable bonds is 5. The van der Waals surface area contributed by atoms with E-state index in [2.05, 4.69) is 0 Å². The maximum atomic E-state index is 13.1. The van der Waals surface area contributed by atoms with E-state index >= 15 is 0 Å². The second-order valence-electron chi connectivity index (χ2n) is 8.35. The highest BCUT2D eigenvalue weighted by atomic mass is 16.6. The highest BCUT2D eigenvalue weighted by Gasteiger charge is 2.53. The minimum absolute atomic E-state index is 0.0350. The topological polar surface area (TPSA) is 95.7 Å². The van der Waals surface area contributed by atoms with Crippen LogP contribution < -0.4 is 4.74 Å². The molecule has 1 heterocycles. The number of carbonyl (C=O) groups is 2. The minimum atomic E-state index is -1.09. The molecule has 30 heavy (non-hydrogen) atoms. The highest BCUT2D eigenvalue weighted by molar-refractivity contribution is 6.15. The third kappa shape index (κ3) is 3.98. The lowest BCUT2D eigenvalue weighted by Crippen LogP contribution is -2.58. The maximum absolute atomic E-state index is 13.1. The van der Waals surface area contributed by atoms with Gasteiger partial charge >= 0.3 is 0 Å². The number of ether oxygens (including phenoxy) is 2. The summed E-state index contributed by atoms with van der Waals surface area (Å²) >= 11 is 0. The molecule has 1 saturated heterocycles. The largest absolute Gasteiger partial charge is 0.457 e. The summed E-state index contributed by atoms with van der Waals surface area (Å²) in [6, 6.07) is 11.0. The SMILES string of the molecule is CCc1ccc(Oc2ccc([N+](=O)[O-])cc2)cc1C1C(=O)C(C)(C)OC(C)(C)C1=O. The summed E-state index contributed by atoms with van der Waals surface area (Å²) in [6.45, 7) is 8.68. The van der Waals surface area contributed by atoms with Crippen LogP contribution in [0.4, 0.5) is 5.69 Å². The fourth-order valence-corrected chi connectivity index (χ4v) is 3.83. The number of nitro groups is 1. The van der Waals surface area contributed by atoms with Crippen LogP contribution in [0.15, 0.2) is 42.5 Å². The van der Waals surface area contributed by atoms with Gasteiger partial charge in [-0.25, -0.2) is 0 Å². The number of hydrogen-bond donors (Lipinski definition) is 0. The Morgan fingerprint density at radius 3 is 2.00 bits per heavy atom. The van der Waals surface area contributed by atoms with Crippen LogP contribution in [0.5, 0.6) is 11.5 Å². The average molecular weight is 411 g/mol. The lowest BCUT2D eigenvalue weighted by molar-refractivity contribution is -0.384. The number of Topliss-reactive ketones (excluding diaryl/α,β-unsaturated/α-hetero) is 2. The van der Waals surface area contributed by atoms with E-state index in [1.54, 1.807) is 39.8 Å². The van der Waals surface area contributed by atoms with Crippen molar-refractivity contribution in [1.29, 1.82) is 0 Å². The molecular formula is C23H25NO6. The van der Waals surface area contributed by atoms with Crippen molar-refractivity contribution in [2.45, 2.75) is 58.2 Å². The van der Waals surface area contributed by atoms with Gasteiger partial charge in [-0.15, -0.1) is 0 Å². The van der Waals surface area contributed by atoms with E-state index in [1.165, 1.54) is 24.3 Å². The monoisotopic (exact) mass is 411 g/mol. The molecule has 0 radical (unpaired) electrons. The van der Waals surface area contributed by atoms with Gasteiger partial charge in [0.2, 0.25) is 0 Å². The predicted octanol–water partition coefficient (Wildman–Crippen LogP) is 4.76. The quantitative estimate of drug-likeness (QED) is 0.400. The van der Waals surface area contributed by atoms with E-state index in [4.69, 9.17) is 9.47 Å². The van der Waals surface area contributed by atoms with E-state index in [1.807, 2.05) is 13.0 Å². The summed E-state index contributed by atoms with van der Waals surface area (Å²) in [7, 11) is 0. The number of non-ortho nitro benzene ring substituents is 1. The molecule has 0 aromatic heterocycles. The molecule has 0 saturated carbocycles. The van der Waals surface area contributed by atoms with Crippen molar-refractivity contribution < 1.29 is 24.0 Å². The smallest absolute Gasteiger partial charge is 0.269 e. The van der Waals surface area contributed by atoms with Crippen molar-refractivity contribution in [3.05, 3.63) is 63.7 Å². The molecule has 7 nitrogen and oxygen atoms in total. The average Bonchev–Trinajstić information content (AvgIpc) is 2.67. The molecule has 0 N–H and O–H groups in total. The van der Waals surface area contributed by atoms with Gasteiger partial charge in [-0.3, -0.25) is 19.7 Å². The van der Waals surface area contributed by atoms with Gasteiger partial charge in [0.1, 0.15) is 28.6 Å². The number of hydrogen-bond acceptors (Lipinski definition) is 6. The molecule has 2 aromatic rings. The molecule has 0 unspecified atom stereocenters. The second-order valence-corrected chi connectivity index (χ2v) is 8.35. The van der Waals surface area contributed by atoms with Crippen LogP contribution in [-0.4, -0.2) is 27.7 Å². The Kier molecular flexibility index (Phi) is 5.52. The molecule has 7 heteroatoms. The summed E-state index contributed by atoms with van der Waals surface area (Å²) in [5, 5.41) is 10.8. The van der Waals surface area contributed by atoms with Gasteiger partial charge in [-0.2, -0.15) is 0 Å². The Morgan fingerprint density at radius 1 is 0.967 bits per heavy atom. The molecule has 0 atom stereocenters. The lowest BCUT2D eigenvalue weighted by Gasteiger charge is -2.43. The van der Waals surface area contributed by atoms with Gasteiger partial charge in [-0.1, -0.05) is 13.0 Å². The number of benzene rings is 2. The normalized spacial score (nSPS) is 18.3. The molecule has 3 rings (SSSR count). The Labute approximate surface area is 175 Å².